The van der Waals surface area contributed by atoms with Gasteiger partial charge in [0.1, 0.15) is 19.6 Å². The van der Waals surface area contributed by atoms with Crippen LogP contribution in [-0.4, -0.2) is 8.07 Å². The Bertz CT molecular complexity index is 808. The van der Waals surface area contributed by atoms with E-state index in [9.17, 15) is 0 Å². The molecule has 1 aliphatic rings. The molecule has 0 saturated heterocycles. The molecule has 3 rings (SSSR count). The number of rotatable bonds is 6. The van der Waals surface area contributed by atoms with E-state index in [1.165, 1.54) is 16.0 Å². The molecule has 1 aromatic heterocycles. The molecule has 1 nitrogen and oxygen atoms in total. The minimum atomic E-state index is -1.74. The fraction of sp³-hybridized carbons (Fsp3) is 0.500. The minimum Gasteiger partial charge on any atom is -0.456 e. The van der Waals surface area contributed by atoms with Crippen LogP contribution in [0, 0.1) is 0 Å². The first-order valence-corrected chi connectivity index (χ1v) is 13.4. The zero-order valence-electron chi connectivity index (χ0n) is 18.1. The molecular formula is C24H34OSSi. The molecule has 0 N–H and O–H groups in total. The summed E-state index contributed by atoms with van der Waals surface area (Å²) in [6, 6.07) is 9.01. The van der Waals surface area contributed by atoms with Crippen molar-refractivity contribution in [3.05, 3.63) is 51.3 Å². The Labute approximate surface area is 170 Å². The number of benzene rings is 1. The van der Waals surface area contributed by atoms with E-state index in [1.807, 2.05) is 11.3 Å². The highest BCUT2D eigenvalue weighted by atomic mass is 32.1. The first-order valence-electron chi connectivity index (χ1n) is 10.3. The van der Waals surface area contributed by atoms with Crippen LogP contribution < -0.4 is 9.92 Å². The zero-order chi connectivity index (χ0) is 19.9. The van der Waals surface area contributed by atoms with E-state index in [-0.39, 0.29) is 0 Å². The molecule has 0 radical (unpaired) electrons. The molecule has 0 unspecified atom stereocenters. The molecule has 0 aliphatic carbocycles. The fourth-order valence-corrected chi connectivity index (χ4v) is 11.2. The maximum Gasteiger partial charge on any atom is 0.137 e. The topological polar surface area (TPSA) is 9.23 Å². The van der Waals surface area contributed by atoms with Gasteiger partial charge in [-0.15, -0.1) is 11.3 Å². The van der Waals surface area contributed by atoms with E-state index < -0.39 is 8.07 Å². The molecule has 0 amide bonds. The maximum absolute atomic E-state index is 6.81. The first-order chi connectivity index (χ1) is 12.7. The average molecular weight is 399 g/mol. The Morgan fingerprint density at radius 3 is 1.85 bits per heavy atom. The maximum atomic E-state index is 6.81. The summed E-state index contributed by atoms with van der Waals surface area (Å²) in [5.41, 5.74) is 6.51. The Balaban J connectivity index is 2.15. The van der Waals surface area contributed by atoms with E-state index in [4.69, 9.17) is 4.74 Å². The molecule has 2 heterocycles. The third kappa shape index (κ3) is 3.34. The monoisotopic (exact) mass is 398 g/mol. The molecule has 146 valence electrons. The lowest BCUT2D eigenvalue weighted by molar-refractivity contribution is 0.496. The van der Waals surface area contributed by atoms with Crippen LogP contribution in [-0.2, 0) is 0 Å². The normalized spacial score (nSPS) is 15.8. The summed E-state index contributed by atoms with van der Waals surface area (Å²) in [7, 11) is -1.74. The van der Waals surface area contributed by atoms with Crippen molar-refractivity contribution in [3.63, 3.8) is 0 Å². The molecule has 1 aliphatic heterocycles. The second-order valence-corrected chi connectivity index (χ2v) is 15.0. The van der Waals surface area contributed by atoms with Gasteiger partial charge in [0.2, 0.25) is 0 Å². The molecule has 3 heteroatoms. The van der Waals surface area contributed by atoms with E-state index >= 15 is 0 Å². The predicted molar refractivity (Wildman–Crippen MR) is 123 cm³/mol. The van der Waals surface area contributed by atoms with Gasteiger partial charge in [-0.1, -0.05) is 79.7 Å². The largest absolute Gasteiger partial charge is 0.456 e. The summed E-state index contributed by atoms with van der Waals surface area (Å²) in [5.74, 6) is 3.09. The van der Waals surface area contributed by atoms with Crippen molar-refractivity contribution >= 4 is 30.4 Å². The van der Waals surface area contributed by atoms with Crippen molar-refractivity contribution in [1.29, 1.82) is 0 Å². The Morgan fingerprint density at radius 2 is 1.37 bits per heavy atom. The summed E-state index contributed by atoms with van der Waals surface area (Å²) >= 11 is 1.85. The summed E-state index contributed by atoms with van der Waals surface area (Å²) in [4.78, 5) is 1.37. The number of ether oxygens (including phenoxy) is 1. The van der Waals surface area contributed by atoms with Crippen molar-refractivity contribution < 1.29 is 4.74 Å². The van der Waals surface area contributed by atoms with E-state index in [0.29, 0.717) is 22.9 Å². The van der Waals surface area contributed by atoms with Crippen molar-refractivity contribution in [1.82, 2.24) is 0 Å². The van der Waals surface area contributed by atoms with Gasteiger partial charge in [-0.3, -0.25) is 0 Å². The van der Waals surface area contributed by atoms with Gasteiger partial charge in [0.05, 0.1) is 4.88 Å². The smallest absolute Gasteiger partial charge is 0.137 e. The summed E-state index contributed by atoms with van der Waals surface area (Å²) in [5, 5.41) is 3.84. The number of fused-ring (bicyclic) bond motifs is 1. The van der Waals surface area contributed by atoms with Crippen LogP contribution in [0.4, 0.5) is 0 Å². The number of thiophene rings is 1. The molecule has 0 saturated carbocycles. The number of hydrogen-bond acceptors (Lipinski definition) is 2. The lowest BCUT2D eigenvalue weighted by atomic mass is 9.94. The Hall–Kier alpha value is -1.32. The van der Waals surface area contributed by atoms with E-state index in [1.54, 1.807) is 5.19 Å². The lowest BCUT2D eigenvalue weighted by Crippen LogP contribution is -2.49. The standard InChI is InChI=1S/C24H34OSSi/c1-15(2)19-10-9-11-20(16(3)4)23(19)25-21-14-27(17(5)6,18(7)8)22-12-13-26-24(21)22/h9-18H,1-8H3. The molecular weight excluding hydrogens is 364 g/mol. The van der Waals surface area contributed by atoms with Gasteiger partial charge in [0, 0.05) is 0 Å². The van der Waals surface area contributed by atoms with Crippen LogP contribution in [0.1, 0.15) is 83.2 Å². The van der Waals surface area contributed by atoms with Crippen LogP contribution in [0.25, 0.3) is 5.76 Å². The van der Waals surface area contributed by atoms with Crippen molar-refractivity contribution in [2.75, 3.05) is 0 Å². The molecule has 1 aromatic carbocycles. The van der Waals surface area contributed by atoms with Crippen molar-refractivity contribution in [2.24, 2.45) is 0 Å². The van der Waals surface area contributed by atoms with Crippen LogP contribution in [0.15, 0.2) is 35.3 Å². The summed E-state index contributed by atoms with van der Waals surface area (Å²) in [6.45, 7) is 18.6. The molecule has 2 aromatic rings. The molecule has 0 bridgehead atoms. The molecule has 27 heavy (non-hydrogen) atoms. The third-order valence-corrected chi connectivity index (χ3v) is 13.2. The number of para-hydroxylation sites is 1. The second kappa shape index (κ2) is 7.60. The van der Waals surface area contributed by atoms with Gasteiger partial charge >= 0.3 is 0 Å². The van der Waals surface area contributed by atoms with Gasteiger partial charge in [-0.25, -0.2) is 0 Å². The van der Waals surface area contributed by atoms with Crippen molar-refractivity contribution in [3.8, 4) is 5.75 Å². The SMILES string of the molecule is CC(C)c1cccc(C(C)C)c1OC1=C[Si](C(C)C)(C(C)C)c2ccsc21. The highest BCUT2D eigenvalue weighted by Gasteiger charge is 2.47. The van der Waals surface area contributed by atoms with Gasteiger partial charge < -0.3 is 4.74 Å². The number of hydrogen-bond donors (Lipinski definition) is 0. The summed E-state index contributed by atoms with van der Waals surface area (Å²) in [6.07, 6.45) is 0. The fourth-order valence-electron chi connectivity index (χ4n) is 4.61. The van der Waals surface area contributed by atoms with Crippen molar-refractivity contribution in [2.45, 2.75) is 78.3 Å². The Kier molecular flexibility index (Phi) is 5.74. The van der Waals surface area contributed by atoms with Gasteiger partial charge in [0.15, 0.2) is 0 Å². The second-order valence-electron chi connectivity index (χ2n) is 9.09. The van der Waals surface area contributed by atoms with Crippen LogP contribution in [0.2, 0.25) is 11.1 Å². The lowest BCUT2D eigenvalue weighted by Gasteiger charge is -2.33. The van der Waals surface area contributed by atoms with Gasteiger partial charge in [0.25, 0.3) is 0 Å². The Morgan fingerprint density at radius 1 is 0.815 bits per heavy atom. The van der Waals surface area contributed by atoms with Gasteiger partial charge in [-0.05, 0) is 50.3 Å². The minimum absolute atomic E-state index is 0.445. The molecule has 0 spiro atoms. The average Bonchev–Trinajstić information content (AvgIpc) is 3.17. The first kappa shape index (κ1) is 20.4. The zero-order valence-corrected chi connectivity index (χ0v) is 19.9. The molecule has 0 fully saturated rings. The van der Waals surface area contributed by atoms with E-state index in [0.717, 1.165) is 11.5 Å². The predicted octanol–water partition coefficient (Wildman–Crippen LogP) is 7.44. The van der Waals surface area contributed by atoms with Crippen LogP contribution in [0.5, 0.6) is 5.75 Å². The third-order valence-electron chi connectivity index (χ3n) is 6.17. The van der Waals surface area contributed by atoms with Crippen LogP contribution >= 0.6 is 11.3 Å². The van der Waals surface area contributed by atoms with E-state index in [2.05, 4.69) is 90.7 Å². The summed E-state index contributed by atoms with van der Waals surface area (Å²) < 4.78 is 6.81. The van der Waals surface area contributed by atoms with Gasteiger partial charge in [-0.2, -0.15) is 0 Å². The molecule has 0 atom stereocenters. The highest BCUT2D eigenvalue weighted by Crippen LogP contribution is 2.45. The quantitative estimate of drug-likeness (QED) is 0.459. The van der Waals surface area contributed by atoms with Crippen LogP contribution in [0.3, 0.4) is 0 Å². The highest BCUT2D eigenvalue weighted by molar-refractivity contribution is 7.16.